The zero-order valence-electron chi connectivity index (χ0n) is 31.5. The van der Waals surface area contributed by atoms with Crippen molar-refractivity contribution in [2.75, 3.05) is 0 Å². The fourth-order valence-corrected chi connectivity index (χ4v) is 10.7. The summed E-state index contributed by atoms with van der Waals surface area (Å²) in [4.78, 5) is 0. The largest absolute Gasteiger partial charge is 0.192 e. The van der Waals surface area contributed by atoms with Gasteiger partial charge in [-0.25, -0.2) is 0 Å². The first kappa shape index (κ1) is 37.0. The van der Waals surface area contributed by atoms with E-state index in [2.05, 4.69) is 153 Å². The van der Waals surface area contributed by atoms with Crippen molar-refractivity contribution in [1.82, 2.24) is 0 Å². The Morgan fingerprint density at radius 1 is 0.378 bits per heavy atom. The molecular weight excluding hydrogens is 561 g/mol. The van der Waals surface area contributed by atoms with Gasteiger partial charge in [-0.3, -0.25) is 0 Å². The topological polar surface area (TPSA) is 23.8 Å². The lowest BCUT2D eigenvalue weighted by Crippen LogP contribution is -2.35. The molecule has 0 amide bonds. The van der Waals surface area contributed by atoms with Crippen molar-refractivity contribution in [3.63, 3.8) is 0 Å². The van der Waals surface area contributed by atoms with Crippen molar-refractivity contribution in [1.29, 1.82) is 5.26 Å². The molecule has 45 heavy (non-hydrogen) atoms. The highest BCUT2D eigenvalue weighted by molar-refractivity contribution is 7.80. The lowest BCUT2D eigenvalue weighted by Gasteiger charge is -2.37. The molecule has 244 valence electrons. The van der Waals surface area contributed by atoms with Crippen LogP contribution in [-0.4, -0.2) is 0 Å². The molecule has 0 bridgehead atoms. The van der Waals surface area contributed by atoms with Crippen LogP contribution in [0.3, 0.4) is 0 Å². The van der Waals surface area contributed by atoms with Gasteiger partial charge in [0, 0.05) is 0 Å². The van der Waals surface area contributed by atoms with Crippen LogP contribution in [0.25, 0.3) is 0 Å². The van der Waals surface area contributed by atoms with E-state index in [-0.39, 0.29) is 0 Å². The van der Waals surface area contributed by atoms with E-state index in [1.54, 1.807) is 10.6 Å². The Morgan fingerprint density at radius 3 is 0.778 bits per heavy atom. The number of rotatable bonds is 11. The molecule has 0 spiro atoms. The van der Waals surface area contributed by atoms with Crippen LogP contribution in [0, 0.1) is 11.3 Å². The van der Waals surface area contributed by atoms with Gasteiger partial charge in [0.25, 0.3) is 0 Å². The molecule has 0 fully saturated rings. The summed E-state index contributed by atoms with van der Waals surface area (Å²) in [7, 11) is -0.956. The summed E-state index contributed by atoms with van der Waals surface area (Å²) in [5.74, 6) is 3.11. The molecule has 0 unspecified atom stereocenters. The minimum atomic E-state index is -0.956. The maximum absolute atomic E-state index is 10.2. The van der Waals surface area contributed by atoms with Crippen molar-refractivity contribution in [3.8, 4) is 6.07 Å². The van der Waals surface area contributed by atoms with Crippen molar-refractivity contribution in [3.05, 3.63) is 86.5 Å². The third-order valence-corrected chi connectivity index (χ3v) is 12.3. The van der Waals surface area contributed by atoms with Crippen LogP contribution in [0.5, 0.6) is 0 Å². The van der Waals surface area contributed by atoms with Gasteiger partial charge in [0.05, 0.1) is 11.6 Å². The zero-order chi connectivity index (χ0) is 34.1. The summed E-state index contributed by atoms with van der Waals surface area (Å²) in [6.45, 7) is 37.7. The Kier molecular flexibility index (Phi) is 12.3. The monoisotopic (exact) mass is 623 g/mol. The van der Waals surface area contributed by atoms with Crippen LogP contribution in [0.15, 0.2) is 36.4 Å². The fraction of sp³-hybridized carbons (Fsp3) is 0.558. The van der Waals surface area contributed by atoms with Gasteiger partial charge in [-0.1, -0.05) is 135 Å². The van der Waals surface area contributed by atoms with Crippen LogP contribution in [-0.2, 0) is 0 Å². The third-order valence-electron chi connectivity index (χ3n) is 9.42. The molecule has 0 radical (unpaired) electrons. The smallest absolute Gasteiger partial charge is 0.0991 e. The van der Waals surface area contributed by atoms with Gasteiger partial charge in [-0.05, 0) is 128 Å². The van der Waals surface area contributed by atoms with Gasteiger partial charge in [-0.15, -0.1) is 0 Å². The van der Waals surface area contributed by atoms with Crippen molar-refractivity contribution < 1.29 is 0 Å². The van der Waals surface area contributed by atoms with Crippen LogP contribution in [0.2, 0.25) is 0 Å². The van der Waals surface area contributed by atoms with Gasteiger partial charge in [0.2, 0.25) is 0 Å². The summed E-state index contributed by atoms with van der Waals surface area (Å²) in [6, 6.07) is 17.2. The molecule has 0 saturated carbocycles. The highest BCUT2D eigenvalue weighted by Gasteiger charge is 2.35. The average Bonchev–Trinajstić information content (AvgIpc) is 2.95. The first-order valence-corrected chi connectivity index (χ1v) is 19.0. The van der Waals surface area contributed by atoms with E-state index in [4.69, 9.17) is 0 Å². The standard InChI is InChI=1S/C43H62NP/c1-24(2)33-19-37(28(9)10)42(38(20-33)29(11)12)45(41-35(26(5)6)17-32(23-44)18-36(41)27(7)8)43-39(30(13)14)21-34(25(3)4)22-40(43)31(15)16/h17-22,24-31H,1-16H3. The first-order chi connectivity index (χ1) is 20.9. The van der Waals surface area contributed by atoms with Gasteiger partial charge >= 0.3 is 0 Å². The minimum absolute atomic E-state index is 0.302. The number of hydrogen-bond acceptors (Lipinski definition) is 1. The molecule has 0 aliphatic heterocycles. The SMILES string of the molecule is CC(C)c1cc(C(C)C)c(P(c2c(C(C)C)cc(C#N)cc2C(C)C)c2c(C(C)C)cc(C(C)C)cc2C(C)C)c(C(C)C)c1. The maximum Gasteiger partial charge on any atom is 0.0991 e. The van der Waals surface area contributed by atoms with Crippen LogP contribution >= 0.6 is 7.92 Å². The summed E-state index contributed by atoms with van der Waals surface area (Å²) in [5.41, 5.74) is 12.4. The summed E-state index contributed by atoms with van der Waals surface area (Å²) < 4.78 is 0. The Bertz CT molecular complexity index is 1360. The second kappa shape index (κ2) is 15.0. The van der Waals surface area contributed by atoms with E-state index in [0.29, 0.717) is 47.3 Å². The molecule has 3 aromatic carbocycles. The second-order valence-electron chi connectivity index (χ2n) is 15.8. The second-order valence-corrected chi connectivity index (χ2v) is 17.8. The van der Waals surface area contributed by atoms with Gasteiger partial charge < -0.3 is 0 Å². The van der Waals surface area contributed by atoms with E-state index in [1.807, 2.05) is 0 Å². The lowest BCUT2D eigenvalue weighted by molar-refractivity contribution is 0.811. The van der Waals surface area contributed by atoms with E-state index < -0.39 is 7.92 Å². The molecule has 0 heterocycles. The summed E-state index contributed by atoms with van der Waals surface area (Å²) in [5, 5.41) is 14.8. The molecule has 0 saturated heterocycles. The van der Waals surface area contributed by atoms with E-state index in [1.165, 1.54) is 49.8 Å². The summed E-state index contributed by atoms with van der Waals surface area (Å²) in [6.07, 6.45) is 0. The summed E-state index contributed by atoms with van der Waals surface area (Å²) >= 11 is 0. The van der Waals surface area contributed by atoms with Gasteiger partial charge in [-0.2, -0.15) is 5.26 Å². The average molecular weight is 624 g/mol. The molecule has 0 atom stereocenters. The Balaban J connectivity index is 2.84. The predicted octanol–water partition coefficient (Wildman–Crippen LogP) is 12.3. The van der Waals surface area contributed by atoms with Crippen LogP contribution in [0.4, 0.5) is 0 Å². The Morgan fingerprint density at radius 2 is 0.600 bits per heavy atom. The first-order valence-electron chi connectivity index (χ1n) is 17.7. The molecule has 1 nitrogen and oxygen atoms in total. The number of nitriles is 1. The predicted molar refractivity (Wildman–Crippen MR) is 203 cm³/mol. The quantitative estimate of drug-likeness (QED) is 0.195. The van der Waals surface area contributed by atoms with Gasteiger partial charge in [0.15, 0.2) is 0 Å². The Labute approximate surface area is 279 Å². The highest BCUT2D eigenvalue weighted by atomic mass is 31.1. The van der Waals surface area contributed by atoms with Crippen molar-refractivity contribution >= 4 is 23.8 Å². The molecule has 0 aliphatic rings. The van der Waals surface area contributed by atoms with E-state index in [9.17, 15) is 5.26 Å². The van der Waals surface area contributed by atoms with Crippen molar-refractivity contribution in [2.45, 2.75) is 158 Å². The Hall–Kier alpha value is -2.42. The van der Waals surface area contributed by atoms with Crippen LogP contribution < -0.4 is 15.9 Å². The lowest BCUT2D eigenvalue weighted by atomic mass is 9.89. The van der Waals surface area contributed by atoms with E-state index in [0.717, 1.165) is 5.56 Å². The normalized spacial score (nSPS) is 12.4. The fourth-order valence-electron chi connectivity index (χ4n) is 6.57. The molecule has 3 aromatic rings. The number of hydrogen-bond donors (Lipinski definition) is 0. The molecular formula is C43H62NP. The number of benzene rings is 3. The van der Waals surface area contributed by atoms with Crippen molar-refractivity contribution in [2.24, 2.45) is 0 Å². The minimum Gasteiger partial charge on any atom is -0.192 e. The molecule has 2 heteroatoms. The van der Waals surface area contributed by atoms with E-state index >= 15 is 0 Å². The number of nitrogens with zero attached hydrogens (tertiary/aromatic N) is 1. The highest BCUT2D eigenvalue weighted by Crippen LogP contribution is 2.48. The van der Waals surface area contributed by atoms with Crippen LogP contribution in [0.1, 0.15) is 208 Å². The maximum atomic E-state index is 10.2. The molecule has 3 rings (SSSR count). The zero-order valence-corrected chi connectivity index (χ0v) is 32.4. The molecule has 0 aliphatic carbocycles. The molecule has 0 aromatic heterocycles. The third kappa shape index (κ3) is 7.77. The van der Waals surface area contributed by atoms with Gasteiger partial charge in [0.1, 0.15) is 0 Å². The molecule has 0 N–H and O–H groups in total.